The molecule has 0 bridgehead atoms. The van der Waals surface area contributed by atoms with Gasteiger partial charge in [-0.1, -0.05) is 30.3 Å². The molecule has 0 saturated carbocycles. The standard InChI is InChI=1S/C18H27N3O3/c19-16(14-15-6-2-1-3-7-15)18(24)21-12-10-20(11-13-21)9-5-4-8-17(22)23/h1-3,6-7,16H,4-5,8-14,19H2,(H,22,23)/t16-/m0/s1. The minimum absolute atomic E-state index is 0.0179. The van der Waals surface area contributed by atoms with Crippen LogP contribution in [-0.4, -0.2) is 65.5 Å². The van der Waals surface area contributed by atoms with Crippen LogP contribution in [0, 0.1) is 0 Å². The van der Waals surface area contributed by atoms with E-state index in [0.29, 0.717) is 25.9 Å². The van der Waals surface area contributed by atoms with Gasteiger partial charge in [0.05, 0.1) is 6.04 Å². The van der Waals surface area contributed by atoms with E-state index in [1.54, 1.807) is 0 Å². The Morgan fingerprint density at radius 3 is 2.38 bits per heavy atom. The molecule has 1 aromatic rings. The molecule has 1 aromatic carbocycles. The summed E-state index contributed by atoms with van der Waals surface area (Å²) in [6, 6.07) is 9.34. The van der Waals surface area contributed by atoms with Crippen molar-refractivity contribution in [3.63, 3.8) is 0 Å². The van der Waals surface area contributed by atoms with Gasteiger partial charge in [0, 0.05) is 32.6 Å². The lowest BCUT2D eigenvalue weighted by molar-refractivity contribution is -0.137. The van der Waals surface area contributed by atoms with Gasteiger partial charge in [-0.2, -0.15) is 0 Å². The van der Waals surface area contributed by atoms with Crippen LogP contribution < -0.4 is 5.73 Å². The summed E-state index contributed by atoms with van der Waals surface area (Å²) in [5.74, 6) is -0.720. The zero-order chi connectivity index (χ0) is 17.4. The Bertz CT molecular complexity index is 528. The van der Waals surface area contributed by atoms with Gasteiger partial charge in [-0.15, -0.1) is 0 Å². The first kappa shape index (κ1) is 18.4. The first-order valence-electron chi connectivity index (χ1n) is 8.58. The van der Waals surface area contributed by atoms with Crippen molar-refractivity contribution in [3.05, 3.63) is 35.9 Å². The molecule has 1 saturated heterocycles. The lowest BCUT2D eigenvalue weighted by Gasteiger charge is -2.36. The van der Waals surface area contributed by atoms with Gasteiger partial charge in [0.25, 0.3) is 0 Å². The van der Waals surface area contributed by atoms with Crippen molar-refractivity contribution in [1.82, 2.24) is 9.80 Å². The molecule has 0 radical (unpaired) electrons. The molecule has 1 amide bonds. The van der Waals surface area contributed by atoms with Crippen molar-refractivity contribution >= 4 is 11.9 Å². The van der Waals surface area contributed by atoms with Gasteiger partial charge in [-0.3, -0.25) is 14.5 Å². The topological polar surface area (TPSA) is 86.9 Å². The van der Waals surface area contributed by atoms with Gasteiger partial charge in [-0.25, -0.2) is 0 Å². The summed E-state index contributed by atoms with van der Waals surface area (Å²) in [6.07, 6.45) is 2.38. The lowest BCUT2D eigenvalue weighted by atomic mass is 10.1. The number of hydrogen-bond acceptors (Lipinski definition) is 4. The van der Waals surface area contributed by atoms with E-state index in [0.717, 1.165) is 31.6 Å². The predicted molar refractivity (Wildman–Crippen MR) is 92.6 cm³/mol. The molecule has 2 rings (SSSR count). The number of carboxylic acids is 1. The molecule has 0 aromatic heterocycles. The minimum Gasteiger partial charge on any atom is -0.481 e. The molecule has 1 heterocycles. The average Bonchev–Trinajstić information content (AvgIpc) is 2.59. The maximum Gasteiger partial charge on any atom is 0.303 e. The first-order chi connectivity index (χ1) is 11.6. The molecule has 1 atom stereocenters. The van der Waals surface area contributed by atoms with Crippen molar-refractivity contribution < 1.29 is 14.7 Å². The van der Waals surface area contributed by atoms with Crippen LogP contribution in [0.4, 0.5) is 0 Å². The monoisotopic (exact) mass is 333 g/mol. The van der Waals surface area contributed by atoms with Crippen LogP contribution in [0.1, 0.15) is 24.8 Å². The molecule has 1 aliphatic heterocycles. The van der Waals surface area contributed by atoms with Gasteiger partial charge in [-0.05, 0) is 31.4 Å². The van der Waals surface area contributed by atoms with E-state index in [1.165, 1.54) is 0 Å². The number of rotatable bonds is 8. The largest absolute Gasteiger partial charge is 0.481 e. The second kappa shape index (κ2) is 9.39. The van der Waals surface area contributed by atoms with Crippen LogP contribution in [0.15, 0.2) is 30.3 Å². The molecule has 0 unspecified atom stereocenters. The Morgan fingerprint density at radius 2 is 1.75 bits per heavy atom. The maximum absolute atomic E-state index is 12.5. The number of carboxylic acid groups (broad SMARTS) is 1. The number of nitrogens with two attached hydrogens (primary N) is 1. The van der Waals surface area contributed by atoms with Crippen LogP contribution in [0.2, 0.25) is 0 Å². The van der Waals surface area contributed by atoms with E-state index in [2.05, 4.69) is 4.90 Å². The minimum atomic E-state index is -0.738. The number of hydrogen-bond donors (Lipinski definition) is 2. The maximum atomic E-state index is 12.5. The fourth-order valence-corrected chi connectivity index (χ4v) is 2.99. The molecule has 6 heteroatoms. The van der Waals surface area contributed by atoms with E-state index < -0.39 is 12.0 Å². The molecule has 132 valence electrons. The third-order valence-electron chi connectivity index (χ3n) is 4.41. The highest BCUT2D eigenvalue weighted by Gasteiger charge is 2.25. The summed E-state index contributed by atoms with van der Waals surface area (Å²) >= 11 is 0. The molecule has 0 spiro atoms. The first-order valence-corrected chi connectivity index (χ1v) is 8.58. The van der Waals surface area contributed by atoms with Crippen LogP contribution in [0.3, 0.4) is 0 Å². The molecule has 3 N–H and O–H groups in total. The lowest BCUT2D eigenvalue weighted by Crippen LogP contribution is -2.53. The number of unbranched alkanes of at least 4 members (excludes halogenated alkanes) is 1. The predicted octanol–water partition coefficient (Wildman–Crippen LogP) is 0.956. The molecule has 24 heavy (non-hydrogen) atoms. The molecule has 1 fully saturated rings. The Hall–Kier alpha value is -1.92. The fourth-order valence-electron chi connectivity index (χ4n) is 2.99. The quantitative estimate of drug-likeness (QED) is 0.692. The Labute approximate surface area is 143 Å². The Balaban J connectivity index is 1.69. The van der Waals surface area contributed by atoms with E-state index in [-0.39, 0.29) is 12.3 Å². The third kappa shape index (κ3) is 5.94. The SMILES string of the molecule is N[C@@H](Cc1ccccc1)C(=O)N1CCN(CCCCC(=O)O)CC1. The van der Waals surface area contributed by atoms with E-state index in [4.69, 9.17) is 10.8 Å². The van der Waals surface area contributed by atoms with Gasteiger partial charge in [0.15, 0.2) is 0 Å². The number of aliphatic carboxylic acids is 1. The fraction of sp³-hybridized carbons (Fsp3) is 0.556. The molecule has 0 aliphatic carbocycles. The highest BCUT2D eigenvalue weighted by atomic mass is 16.4. The highest BCUT2D eigenvalue weighted by Crippen LogP contribution is 2.09. The second-order valence-corrected chi connectivity index (χ2v) is 6.31. The van der Waals surface area contributed by atoms with Gasteiger partial charge in [0.1, 0.15) is 0 Å². The van der Waals surface area contributed by atoms with E-state index in [9.17, 15) is 9.59 Å². The highest BCUT2D eigenvalue weighted by molar-refractivity contribution is 5.82. The summed E-state index contributed by atoms with van der Waals surface area (Å²) in [4.78, 5) is 27.1. The number of nitrogens with zero attached hydrogens (tertiary/aromatic N) is 2. The number of piperazine rings is 1. The zero-order valence-corrected chi connectivity index (χ0v) is 14.1. The Morgan fingerprint density at radius 1 is 1.08 bits per heavy atom. The second-order valence-electron chi connectivity index (χ2n) is 6.31. The van der Waals surface area contributed by atoms with E-state index in [1.807, 2.05) is 35.2 Å². The van der Waals surface area contributed by atoms with Crippen molar-refractivity contribution in [2.24, 2.45) is 5.73 Å². The van der Waals surface area contributed by atoms with Gasteiger partial charge in [0.2, 0.25) is 5.91 Å². The number of carbonyl (C=O) groups excluding carboxylic acids is 1. The summed E-state index contributed by atoms with van der Waals surface area (Å²) in [5, 5.41) is 8.63. The summed E-state index contributed by atoms with van der Waals surface area (Å²) in [6.45, 7) is 3.94. The molecular formula is C18H27N3O3. The normalized spacial score (nSPS) is 16.8. The van der Waals surface area contributed by atoms with Crippen LogP contribution in [0.25, 0.3) is 0 Å². The summed E-state index contributed by atoms with van der Waals surface area (Å²) in [7, 11) is 0. The molecule has 1 aliphatic rings. The van der Waals surface area contributed by atoms with Crippen LogP contribution in [-0.2, 0) is 16.0 Å². The summed E-state index contributed by atoms with van der Waals surface area (Å²) < 4.78 is 0. The van der Waals surface area contributed by atoms with Crippen molar-refractivity contribution in [1.29, 1.82) is 0 Å². The van der Waals surface area contributed by atoms with Gasteiger partial charge >= 0.3 is 5.97 Å². The van der Waals surface area contributed by atoms with Crippen molar-refractivity contribution in [2.45, 2.75) is 31.7 Å². The summed E-state index contributed by atoms with van der Waals surface area (Å²) in [5.41, 5.74) is 7.16. The van der Waals surface area contributed by atoms with Crippen molar-refractivity contribution in [2.75, 3.05) is 32.7 Å². The third-order valence-corrected chi connectivity index (χ3v) is 4.41. The smallest absolute Gasteiger partial charge is 0.303 e. The van der Waals surface area contributed by atoms with Gasteiger partial charge < -0.3 is 15.7 Å². The average molecular weight is 333 g/mol. The van der Waals surface area contributed by atoms with Crippen molar-refractivity contribution in [3.8, 4) is 0 Å². The molecular weight excluding hydrogens is 306 g/mol. The number of amides is 1. The Kier molecular flexibility index (Phi) is 7.21. The van der Waals surface area contributed by atoms with E-state index >= 15 is 0 Å². The zero-order valence-electron chi connectivity index (χ0n) is 14.1. The number of benzene rings is 1. The molecule has 6 nitrogen and oxygen atoms in total. The number of carbonyl (C=O) groups is 2. The van der Waals surface area contributed by atoms with Crippen LogP contribution >= 0.6 is 0 Å². The van der Waals surface area contributed by atoms with Crippen LogP contribution in [0.5, 0.6) is 0 Å².